The standard InChI is InChI=1S/C22H31N5O2/c1-2-18-6-8-19(9-7-18)22-23-20(29-24-22)16-25-12-14-26(15-13-25)17-21(28)27-10-4-3-5-11-27/h6-9H,2-5,10-17H2,1H3. The molecule has 7 heteroatoms. The number of piperazine rings is 1. The highest BCUT2D eigenvalue weighted by Gasteiger charge is 2.23. The Morgan fingerprint density at radius 3 is 2.34 bits per heavy atom. The van der Waals surface area contributed by atoms with Gasteiger partial charge >= 0.3 is 0 Å². The zero-order valence-electron chi connectivity index (χ0n) is 17.3. The van der Waals surface area contributed by atoms with Crippen molar-refractivity contribution >= 4 is 5.91 Å². The maximum atomic E-state index is 12.5. The van der Waals surface area contributed by atoms with Crippen LogP contribution in [0.4, 0.5) is 0 Å². The lowest BCUT2D eigenvalue weighted by Gasteiger charge is -2.35. The van der Waals surface area contributed by atoms with Crippen LogP contribution in [-0.2, 0) is 17.8 Å². The number of amides is 1. The van der Waals surface area contributed by atoms with E-state index in [2.05, 4.69) is 39.0 Å². The lowest BCUT2D eigenvalue weighted by Crippen LogP contribution is -2.50. The van der Waals surface area contributed by atoms with E-state index in [4.69, 9.17) is 4.52 Å². The maximum Gasteiger partial charge on any atom is 0.241 e. The molecule has 0 radical (unpaired) electrons. The predicted octanol–water partition coefficient (Wildman–Crippen LogP) is 2.43. The number of hydrogen-bond donors (Lipinski definition) is 0. The third-order valence-electron chi connectivity index (χ3n) is 5.98. The summed E-state index contributed by atoms with van der Waals surface area (Å²) in [6.45, 7) is 8.84. The molecule has 2 aromatic rings. The van der Waals surface area contributed by atoms with Crippen LogP contribution in [0.2, 0.25) is 0 Å². The summed E-state index contributed by atoms with van der Waals surface area (Å²) in [6.07, 6.45) is 4.57. The van der Waals surface area contributed by atoms with Gasteiger partial charge in [0.1, 0.15) is 0 Å². The monoisotopic (exact) mass is 397 g/mol. The van der Waals surface area contributed by atoms with E-state index in [0.717, 1.165) is 64.1 Å². The molecule has 0 saturated carbocycles. The summed E-state index contributed by atoms with van der Waals surface area (Å²) in [4.78, 5) is 23.6. The number of nitrogens with zero attached hydrogens (tertiary/aromatic N) is 5. The Balaban J connectivity index is 1.24. The van der Waals surface area contributed by atoms with Crippen LogP contribution in [0.1, 0.15) is 37.6 Å². The Kier molecular flexibility index (Phi) is 6.56. The molecule has 0 spiro atoms. The second kappa shape index (κ2) is 9.50. The van der Waals surface area contributed by atoms with E-state index >= 15 is 0 Å². The molecule has 7 nitrogen and oxygen atoms in total. The summed E-state index contributed by atoms with van der Waals surface area (Å²) in [5.74, 6) is 1.58. The SMILES string of the molecule is CCc1ccc(-c2noc(CN3CCN(CC(=O)N4CCCCC4)CC3)n2)cc1. The van der Waals surface area contributed by atoms with Crippen molar-refractivity contribution in [2.75, 3.05) is 45.8 Å². The molecule has 156 valence electrons. The first-order valence-corrected chi connectivity index (χ1v) is 10.9. The highest BCUT2D eigenvalue weighted by molar-refractivity contribution is 5.78. The van der Waals surface area contributed by atoms with E-state index in [0.29, 0.717) is 24.8 Å². The van der Waals surface area contributed by atoms with Gasteiger partial charge in [-0.2, -0.15) is 4.98 Å². The van der Waals surface area contributed by atoms with Gasteiger partial charge < -0.3 is 9.42 Å². The highest BCUT2D eigenvalue weighted by Crippen LogP contribution is 2.18. The van der Waals surface area contributed by atoms with E-state index < -0.39 is 0 Å². The van der Waals surface area contributed by atoms with Gasteiger partial charge in [0, 0.05) is 44.8 Å². The number of likely N-dealkylation sites (tertiary alicyclic amines) is 1. The molecule has 0 aliphatic carbocycles. The van der Waals surface area contributed by atoms with Gasteiger partial charge in [-0.1, -0.05) is 36.3 Å². The fraction of sp³-hybridized carbons (Fsp3) is 0.591. The molecule has 0 unspecified atom stereocenters. The third-order valence-corrected chi connectivity index (χ3v) is 5.98. The molecule has 2 aliphatic rings. The molecular weight excluding hydrogens is 366 g/mol. The van der Waals surface area contributed by atoms with Gasteiger partial charge in [-0.25, -0.2) is 0 Å². The van der Waals surface area contributed by atoms with E-state index in [1.54, 1.807) is 0 Å². The van der Waals surface area contributed by atoms with Crippen molar-refractivity contribution in [3.63, 3.8) is 0 Å². The Labute approximate surface area is 172 Å². The van der Waals surface area contributed by atoms with Gasteiger partial charge in [-0.15, -0.1) is 0 Å². The quantitative estimate of drug-likeness (QED) is 0.746. The van der Waals surface area contributed by atoms with E-state index in [9.17, 15) is 4.79 Å². The number of hydrogen-bond acceptors (Lipinski definition) is 6. The molecule has 29 heavy (non-hydrogen) atoms. The molecule has 2 saturated heterocycles. The van der Waals surface area contributed by atoms with Crippen LogP contribution in [0.3, 0.4) is 0 Å². The van der Waals surface area contributed by atoms with Gasteiger partial charge in [0.2, 0.25) is 17.6 Å². The molecule has 2 fully saturated rings. The van der Waals surface area contributed by atoms with Crippen LogP contribution in [0, 0.1) is 0 Å². The van der Waals surface area contributed by atoms with E-state index in [1.807, 2.05) is 17.0 Å². The molecule has 1 amide bonds. The van der Waals surface area contributed by atoms with Gasteiger partial charge in [0.05, 0.1) is 13.1 Å². The second-order valence-corrected chi connectivity index (χ2v) is 8.06. The first-order valence-electron chi connectivity index (χ1n) is 10.9. The fourth-order valence-electron chi connectivity index (χ4n) is 4.06. The third kappa shape index (κ3) is 5.22. The Bertz CT molecular complexity index is 790. The molecule has 1 aromatic carbocycles. The Morgan fingerprint density at radius 2 is 1.66 bits per heavy atom. The van der Waals surface area contributed by atoms with Crippen LogP contribution in [-0.4, -0.2) is 76.6 Å². The predicted molar refractivity (Wildman–Crippen MR) is 111 cm³/mol. The van der Waals surface area contributed by atoms with Crippen molar-refractivity contribution in [1.29, 1.82) is 0 Å². The maximum absolute atomic E-state index is 12.5. The van der Waals surface area contributed by atoms with Crippen LogP contribution < -0.4 is 0 Å². The van der Waals surface area contributed by atoms with Crippen LogP contribution in [0.5, 0.6) is 0 Å². The molecule has 0 atom stereocenters. The highest BCUT2D eigenvalue weighted by atomic mass is 16.5. The lowest BCUT2D eigenvalue weighted by atomic mass is 10.1. The van der Waals surface area contributed by atoms with Gasteiger partial charge in [0.25, 0.3) is 0 Å². The molecule has 1 aromatic heterocycles. The summed E-state index contributed by atoms with van der Waals surface area (Å²) in [6, 6.07) is 8.31. The number of rotatable bonds is 6. The molecule has 3 heterocycles. The number of aromatic nitrogens is 2. The largest absolute Gasteiger partial charge is 0.342 e. The summed E-state index contributed by atoms with van der Waals surface area (Å²) in [7, 11) is 0. The molecule has 0 bridgehead atoms. The molecule has 2 aliphatic heterocycles. The van der Waals surface area contributed by atoms with Crippen LogP contribution in [0.15, 0.2) is 28.8 Å². The topological polar surface area (TPSA) is 65.7 Å². The first-order chi connectivity index (χ1) is 14.2. The van der Waals surface area contributed by atoms with Crippen LogP contribution >= 0.6 is 0 Å². The van der Waals surface area contributed by atoms with Crippen molar-refractivity contribution in [3.8, 4) is 11.4 Å². The Hall–Kier alpha value is -2.25. The minimum Gasteiger partial charge on any atom is -0.342 e. The Morgan fingerprint density at radius 1 is 0.966 bits per heavy atom. The minimum absolute atomic E-state index is 0.286. The first kappa shape index (κ1) is 20.0. The molecule has 0 N–H and O–H groups in total. The average molecular weight is 398 g/mol. The van der Waals surface area contributed by atoms with Crippen molar-refractivity contribution in [2.45, 2.75) is 39.2 Å². The number of carbonyl (C=O) groups is 1. The minimum atomic E-state index is 0.286. The smallest absolute Gasteiger partial charge is 0.241 e. The van der Waals surface area contributed by atoms with Crippen molar-refractivity contribution in [3.05, 3.63) is 35.7 Å². The summed E-state index contributed by atoms with van der Waals surface area (Å²) in [5, 5.41) is 4.14. The average Bonchev–Trinajstić information content (AvgIpc) is 3.24. The second-order valence-electron chi connectivity index (χ2n) is 8.06. The zero-order valence-corrected chi connectivity index (χ0v) is 17.3. The van der Waals surface area contributed by atoms with Crippen molar-refractivity contribution < 1.29 is 9.32 Å². The zero-order chi connectivity index (χ0) is 20.1. The summed E-state index contributed by atoms with van der Waals surface area (Å²) >= 11 is 0. The molecular formula is C22H31N5O2. The van der Waals surface area contributed by atoms with Crippen molar-refractivity contribution in [1.82, 2.24) is 24.8 Å². The summed E-state index contributed by atoms with van der Waals surface area (Å²) in [5.41, 5.74) is 2.28. The van der Waals surface area contributed by atoms with E-state index in [1.165, 1.54) is 12.0 Å². The normalized spacial score (nSPS) is 18.9. The van der Waals surface area contributed by atoms with Gasteiger partial charge in [-0.05, 0) is 31.2 Å². The number of carbonyl (C=O) groups excluding carboxylic acids is 1. The van der Waals surface area contributed by atoms with Gasteiger partial charge in [-0.3, -0.25) is 14.6 Å². The molecule has 4 rings (SSSR count). The summed E-state index contributed by atoms with van der Waals surface area (Å²) < 4.78 is 5.47. The fourth-order valence-corrected chi connectivity index (χ4v) is 4.06. The lowest BCUT2D eigenvalue weighted by molar-refractivity contribution is -0.133. The van der Waals surface area contributed by atoms with Crippen molar-refractivity contribution in [2.24, 2.45) is 0 Å². The number of piperidine rings is 1. The number of aryl methyl sites for hydroxylation is 1. The number of benzene rings is 1. The van der Waals surface area contributed by atoms with Gasteiger partial charge in [0.15, 0.2) is 0 Å². The van der Waals surface area contributed by atoms with E-state index in [-0.39, 0.29) is 5.91 Å². The van der Waals surface area contributed by atoms with Crippen LogP contribution in [0.25, 0.3) is 11.4 Å².